The highest BCUT2D eigenvalue weighted by atomic mass is 32.2. The van der Waals surface area contributed by atoms with E-state index in [0.717, 1.165) is 40.5 Å². The fourth-order valence-corrected chi connectivity index (χ4v) is 3.30. The van der Waals surface area contributed by atoms with E-state index in [0.29, 0.717) is 13.2 Å². The first-order valence-corrected chi connectivity index (χ1v) is 9.53. The van der Waals surface area contributed by atoms with Crippen LogP contribution < -0.4 is 4.74 Å². The molecule has 0 aliphatic carbocycles. The zero-order valence-electron chi connectivity index (χ0n) is 15.4. The maximum Gasteiger partial charge on any atom is 0.191 e. The molecule has 0 atom stereocenters. The minimum Gasteiger partial charge on any atom is -0.493 e. The topological polar surface area (TPSA) is 56.3 Å². The Kier molecular flexibility index (Phi) is 6.35. The van der Waals surface area contributed by atoms with E-state index in [2.05, 4.69) is 15.1 Å². The van der Waals surface area contributed by atoms with Gasteiger partial charge in [-0.2, -0.15) is 0 Å². The minimum absolute atomic E-state index is 0.634. The van der Waals surface area contributed by atoms with Crippen molar-refractivity contribution in [3.8, 4) is 5.75 Å². The molecule has 7 heteroatoms. The number of hydrogen-bond donors (Lipinski definition) is 0. The van der Waals surface area contributed by atoms with Gasteiger partial charge in [-0.05, 0) is 38.2 Å². The molecule has 3 rings (SSSR count). The molecule has 138 valence electrons. The second kappa shape index (κ2) is 8.91. The molecule has 0 saturated carbocycles. The zero-order chi connectivity index (χ0) is 18.4. The molecule has 6 nitrogen and oxygen atoms in total. The van der Waals surface area contributed by atoms with Crippen LogP contribution in [-0.2, 0) is 20.1 Å². The van der Waals surface area contributed by atoms with Gasteiger partial charge in [0.15, 0.2) is 5.16 Å². The van der Waals surface area contributed by atoms with Crippen LogP contribution in [0.1, 0.15) is 17.3 Å². The first-order chi connectivity index (χ1) is 12.6. The quantitative estimate of drug-likeness (QED) is 0.423. The molecule has 0 aliphatic heterocycles. The molecule has 2 heterocycles. The van der Waals surface area contributed by atoms with E-state index < -0.39 is 0 Å². The van der Waals surface area contributed by atoms with Gasteiger partial charge < -0.3 is 13.7 Å². The van der Waals surface area contributed by atoms with Gasteiger partial charge in [-0.3, -0.25) is 4.90 Å². The smallest absolute Gasteiger partial charge is 0.191 e. The summed E-state index contributed by atoms with van der Waals surface area (Å²) in [4.78, 5) is 2.16. The summed E-state index contributed by atoms with van der Waals surface area (Å²) in [5, 5.41) is 9.51. The second-order valence-corrected chi connectivity index (χ2v) is 7.21. The highest BCUT2D eigenvalue weighted by molar-refractivity contribution is 7.99. The molecule has 0 saturated heterocycles. The Hall–Kier alpha value is -2.25. The number of benzene rings is 1. The van der Waals surface area contributed by atoms with Crippen molar-refractivity contribution in [3.05, 3.63) is 59.8 Å². The largest absolute Gasteiger partial charge is 0.493 e. The molecule has 0 N–H and O–H groups in total. The van der Waals surface area contributed by atoms with Crippen LogP contribution in [0.15, 0.2) is 52.0 Å². The molecule has 0 bridgehead atoms. The molecule has 0 unspecified atom stereocenters. The fourth-order valence-electron chi connectivity index (χ4n) is 2.55. The van der Waals surface area contributed by atoms with E-state index >= 15 is 0 Å². The first-order valence-electron chi connectivity index (χ1n) is 8.54. The van der Waals surface area contributed by atoms with Crippen LogP contribution in [0.3, 0.4) is 0 Å². The first kappa shape index (κ1) is 18.5. The number of furan rings is 1. The Balaban J connectivity index is 1.46. The van der Waals surface area contributed by atoms with Crippen LogP contribution in [0.25, 0.3) is 0 Å². The Labute approximate surface area is 158 Å². The standard InChI is InChI=1S/C19H24N4O2S/c1-15-9-10-17(25-15)13-22(2)14-18-20-21-19(23(18)3)26-12-11-24-16-7-5-4-6-8-16/h4-10H,11-14H2,1-3H3. The van der Waals surface area contributed by atoms with Crippen LogP contribution in [0.5, 0.6) is 5.75 Å². The Bertz CT molecular complexity index is 816. The number of rotatable bonds is 9. The summed E-state index contributed by atoms with van der Waals surface area (Å²) in [5.41, 5.74) is 0. The van der Waals surface area contributed by atoms with E-state index in [-0.39, 0.29) is 0 Å². The summed E-state index contributed by atoms with van der Waals surface area (Å²) >= 11 is 1.65. The van der Waals surface area contributed by atoms with E-state index in [1.54, 1.807) is 11.8 Å². The van der Waals surface area contributed by atoms with Crippen LogP contribution in [-0.4, -0.2) is 39.1 Å². The number of ether oxygens (including phenoxy) is 1. The Morgan fingerprint density at radius 2 is 1.92 bits per heavy atom. The van der Waals surface area contributed by atoms with Crippen molar-refractivity contribution < 1.29 is 9.15 Å². The minimum atomic E-state index is 0.634. The van der Waals surface area contributed by atoms with Gasteiger partial charge in [0.25, 0.3) is 0 Å². The molecule has 0 aliphatic rings. The van der Waals surface area contributed by atoms with Gasteiger partial charge in [0.2, 0.25) is 0 Å². The summed E-state index contributed by atoms with van der Waals surface area (Å²) in [5.74, 6) is 4.54. The maximum absolute atomic E-state index is 5.71. The highest BCUT2D eigenvalue weighted by Gasteiger charge is 2.12. The highest BCUT2D eigenvalue weighted by Crippen LogP contribution is 2.18. The third-order valence-corrected chi connectivity index (χ3v) is 4.87. The van der Waals surface area contributed by atoms with Crippen molar-refractivity contribution in [1.82, 2.24) is 19.7 Å². The summed E-state index contributed by atoms with van der Waals surface area (Å²) < 4.78 is 13.4. The third kappa shape index (κ3) is 5.12. The van der Waals surface area contributed by atoms with Gasteiger partial charge in [0.1, 0.15) is 23.1 Å². The maximum atomic E-state index is 5.71. The summed E-state index contributed by atoms with van der Waals surface area (Å²) in [6, 6.07) is 13.8. The monoisotopic (exact) mass is 372 g/mol. The average molecular weight is 372 g/mol. The molecule has 1 aromatic carbocycles. The zero-order valence-corrected chi connectivity index (χ0v) is 16.2. The lowest BCUT2D eigenvalue weighted by molar-refractivity contribution is 0.275. The Morgan fingerprint density at radius 1 is 1.12 bits per heavy atom. The number of aryl methyl sites for hydroxylation is 1. The van der Waals surface area contributed by atoms with Crippen molar-refractivity contribution in [2.24, 2.45) is 7.05 Å². The molecule has 0 radical (unpaired) electrons. The third-order valence-electron chi connectivity index (χ3n) is 3.88. The number of hydrogen-bond acceptors (Lipinski definition) is 6. The van der Waals surface area contributed by atoms with E-state index in [1.165, 1.54) is 0 Å². The Morgan fingerprint density at radius 3 is 2.65 bits per heavy atom. The van der Waals surface area contributed by atoms with Gasteiger partial charge in [-0.25, -0.2) is 0 Å². The van der Waals surface area contributed by atoms with Crippen molar-refractivity contribution in [1.29, 1.82) is 0 Å². The molecule has 0 amide bonds. The SMILES string of the molecule is Cc1ccc(CN(C)Cc2nnc(SCCOc3ccccc3)n2C)o1. The number of aromatic nitrogens is 3. The van der Waals surface area contributed by atoms with Crippen molar-refractivity contribution in [2.45, 2.75) is 25.2 Å². The fraction of sp³-hybridized carbons (Fsp3) is 0.368. The summed E-state index contributed by atoms with van der Waals surface area (Å²) in [6.45, 7) is 4.05. The lowest BCUT2D eigenvalue weighted by Crippen LogP contribution is -2.19. The average Bonchev–Trinajstić information content (AvgIpc) is 3.19. The number of para-hydroxylation sites is 1. The van der Waals surface area contributed by atoms with E-state index in [9.17, 15) is 0 Å². The van der Waals surface area contributed by atoms with Crippen LogP contribution in [0, 0.1) is 6.92 Å². The van der Waals surface area contributed by atoms with Crippen molar-refractivity contribution in [2.75, 3.05) is 19.4 Å². The molecule has 0 spiro atoms. The van der Waals surface area contributed by atoms with Crippen molar-refractivity contribution in [3.63, 3.8) is 0 Å². The van der Waals surface area contributed by atoms with Gasteiger partial charge in [0.05, 0.1) is 19.7 Å². The van der Waals surface area contributed by atoms with Crippen molar-refractivity contribution >= 4 is 11.8 Å². The predicted molar refractivity (Wildman–Crippen MR) is 102 cm³/mol. The molecule has 2 aromatic heterocycles. The lowest BCUT2D eigenvalue weighted by Gasteiger charge is -2.14. The summed E-state index contributed by atoms with van der Waals surface area (Å²) in [6.07, 6.45) is 0. The second-order valence-electron chi connectivity index (χ2n) is 6.15. The van der Waals surface area contributed by atoms with E-state index in [4.69, 9.17) is 9.15 Å². The lowest BCUT2D eigenvalue weighted by atomic mass is 10.3. The molecule has 3 aromatic rings. The van der Waals surface area contributed by atoms with Crippen LogP contribution >= 0.6 is 11.8 Å². The van der Waals surface area contributed by atoms with Gasteiger partial charge in [0, 0.05) is 12.8 Å². The molecular formula is C19H24N4O2S. The number of thioether (sulfide) groups is 1. The van der Waals surface area contributed by atoms with Gasteiger partial charge in [-0.15, -0.1) is 10.2 Å². The predicted octanol–water partition coefficient (Wildman–Crippen LogP) is 3.52. The van der Waals surface area contributed by atoms with Crippen LogP contribution in [0.2, 0.25) is 0 Å². The number of nitrogens with zero attached hydrogens (tertiary/aromatic N) is 4. The summed E-state index contributed by atoms with van der Waals surface area (Å²) in [7, 11) is 4.05. The van der Waals surface area contributed by atoms with Crippen LogP contribution in [0.4, 0.5) is 0 Å². The van der Waals surface area contributed by atoms with E-state index in [1.807, 2.05) is 68.1 Å². The van der Waals surface area contributed by atoms with Gasteiger partial charge in [-0.1, -0.05) is 30.0 Å². The molecule has 0 fully saturated rings. The molecule has 26 heavy (non-hydrogen) atoms. The normalized spacial score (nSPS) is 11.2. The van der Waals surface area contributed by atoms with Gasteiger partial charge >= 0.3 is 0 Å². The molecular weight excluding hydrogens is 348 g/mol.